The minimum atomic E-state index is -5.84. The van der Waals surface area contributed by atoms with Crippen molar-refractivity contribution in [2.24, 2.45) is 0 Å². The van der Waals surface area contributed by atoms with Gasteiger partial charge in [-0.1, -0.05) is 23.7 Å². The summed E-state index contributed by atoms with van der Waals surface area (Å²) < 4.78 is 104. The number of halogens is 7. The van der Waals surface area contributed by atoms with Crippen molar-refractivity contribution >= 4 is 61.5 Å². The first-order valence-corrected chi connectivity index (χ1v) is 14.1. The molecule has 0 aliphatic carbocycles. The molecule has 0 radical (unpaired) electrons. The number of fused-ring (bicyclic) bond motifs is 1. The number of rotatable bonds is 6. The highest BCUT2D eigenvalue weighted by Crippen LogP contribution is 2.36. The number of aromatic nitrogens is 4. The normalized spacial score (nSPS) is 15.9. The van der Waals surface area contributed by atoms with E-state index in [0.717, 1.165) is 12.3 Å². The summed E-state index contributed by atoms with van der Waals surface area (Å²) in [7, 11) is -5.84. The summed E-state index contributed by atoms with van der Waals surface area (Å²) in [6.07, 6.45) is -0.547. The Morgan fingerprint density at radius 2 is 1.74 bits per heavy atom. The summed E-state index contributed by atoms with van der Waals surface area (Å²) in [5, 5.41) is 3.74. The van der Waals surface area contributed by atoms with Crippen LogP contribution in [0.3, 0.4) is 0 Å². The summed E-state index contributed by atoms with van der Waals surface area (Å²) in [6, 6.07) is 8.09. The van der Waals surface area contributed by atoms with Crippen LogP contribution in [0.4, 0.5) is 31.1 Å². The number of imide groups is 1. The summed E-state index contributed by atoms with van der Waals surface area (Å²) >= 11 is 6.23. The molecule has 1 aliphatic rings. The number of carbonyl (C=O) groups excluding carboxylic acids is 2. The molecule has 220 valence electrons. The number of hydrogen-bond donors (Lipinski definition) is 0. The molecular weight excluding hydrogens is 636 g/mol. The average Bonchev–Trinajstić information content (AvgIpc) is 3.59. The van der Waals surface area contributed by atoms with Crippen molar-refractivity contribution in [2.45, 2.75) is 24.8 Å². The molecule has 4 aromatic rings. The summed E-state index contributed by atoms with van der Waals surface area (Å²) in [6.45, 7) is -1.05. The van der Waals surface area contributed by atoms with Gasteiger partial charge < -0.3 is 0 Å². The van der Waals surface area contributed by atoms with Crippen LogP contribution >= 0.6 is 23.4 Å². The van der Waals surface area contributed by atoms with E-state index >= 15 is 0 Å². The molecule has 0 N–H and O–H groups in total. The Kier molecular flexibility index (Phi) is 7.39. The smallest absolute Gasteiger partial charge is 0.268 e. The second-order valence-corrected chi connectivity index (χ2v) is 12.0. The summed E-state index contributed by atoms with van der Waals surface area (Å²) in [4.78, 5) is 29.4. The van der Waals surface area contributed by atoms with E-state index in [1.165, 1.54) is 35.2 Å². The van der Waals surface area contributed by atoms with Crippen LogP contribution in [0.5, 0.6) is 0 Å². The third-order valence-electron chi connectivity index (χ3n) is 6.07. The highest BCUT2D eigenvalue weighted by Gasteiger charge is 2.48. The second kappa shape index (κ2) is 10.5. The molecule has 0 spiro atoms. The lowest BCUT2D eigenvalue weighted by Crippen LogP contribution is -2.34. The third-order valence-corrected chi connectivity index (χ3v) is 8.64. The molecule has 2 aromatic carbocycles. The minimum Gasteiger partial charge on any atom is -0.268 e. The molecule has 1 aliphatic heterocycles. The number of thioether (sulfide) groups is 1. The van der Waals surface area contributed by atoms with Gasteiger partial charge in [-0.15, -0.1) is 0 Å². The van der Waals surface area contributed by atoms with Crippen molar-refractivity contribution in [3.63, 3.8) is 0 Å². The lowest BCUT2D eigenvalue weighted by Gasteiger charge is -2.15. The Labute approximate surface area is 241 Å². The van der Waals surface area contributed by atoms with Crippen LogP contribution in [-0.2, 0) is 34.1 Å². The number of amides is 2. The van der Waals surface area contributed by atoms with E-state index in [1.54, 1.807) is 12.1 Å². The van der Waals surface area contributed by atoms with E-state index in [4.69, 9.17) is 11.6 Å². The van der Waals surface area contributed by atoms with Gasteiger partial charge in [0, 0.05) is 22.8 Å². The first-order valence-electron chi connectivity index (χ1n) is 11.5. The van der Waals surface area contributed by atoms with E-state index < -0.39 is 50.8 Å². The second-order valence-electron chi connectivity index (χ2n) is 8.78. The highest BCUT2D eigenvalue weighted by molar-refractivity contribution is 8.18. The van der Waals surface area contributed by atoms with Crippen LogP contribution < -0.4 is 0 Å². The number of nitrogens with zero attached hydrogens (tertiary/aromatic N) is 5. The van der Waals surface area contributed by atoms with Gasteiger partial charge in [0.25, 0.3) is 11.1 Å². The zero-order valence-electron chi connectivity index (χ0n) is 20.5. The predicted molar refractivity (Wildman–Crippen MR) is 139 cm³/mol. The molecule has 3 heterocycles. The van der Waals surface area contributed by atoms with Crippen LogP contribution in [-0.4, -0.2) is 48.7 Å². The Morgan fingerprint density at radius 3 is 2.43 bits per heavy atom. The van der Waals surface area contributed by atoms with E-state index in [-0.39, 0.29) is 26.0 Å². The van der Waals surface area contributed by atoms with E-state index in [0.29, 0.717) is 39.3 Å². The Morgan fingerprint density at radius 1 is 1.00 bits per heavy atom. The van der Waals surface area contributed by atoms with Gasteiger partial charge in [0.05, 0.1) is 35.3 Å². The highest BCUT2D eigenvalue weighted by atomic mass is 35.5. The first kappa shape index (κ1) is 29.7. The van der Waals surface area contributed by atoms with Crippen LogP contribution in [0.1, 0.15) is 22.5 Å². The molecule has 0 atom stereocenters. The lowest BCUT2D eigenvalue weighted by molar-refractivity contribution is -0.138. The van der Waals surface area contributed by atoms with Crippen LogP contribution in [0, 0.1) is 0 Å². The monoisotopic (exact) mass is 649 g/mol. The first-order chi connectivity index (χ1) is 19.6. The van der Waals surface area contributed by atoms with Crippen molar-refractivity contribution in [1.29, 1.82) is 0 Å². The maximum absolute atomic E-state index is 13.5. The minimum absolute atomic E-state index is 0.0571. The van der Waals surface area contributed by atoms with Gasteiger partial charge in [0.15, 0.2) is 0 Å². The fourth-order valence-electron chi connectivity index (χ4n) is 4.13. The Bertz CT molecular complexity index is 1880. The van der Waals surface area contributed by atoms with Gasteiger partial charge in [0.2, 0.25) is 0 Å². The van der Waals surface area contributed by atoms with Gasteiger partial charge in [-0.25, -0.2) is 8.96 Å². The molecule has 5 rings (SSSR count). The number of hydrogen-bond acceptors (Lipinski definition) is 7. The zero-order chi connectivity index (χ0) is 30.6. The molecule has 0 bridgehead atoms. The summed E-state index contributed by atoms with van der Waals surface area (Å²) in [5.74, 6) is -1.58. The zero-order valence-corrected chi connectivity index (χ0v) is 22.9. The molecular formula is C24H14ClF6N5O4S2. The predicted octanol–water partition coefficient (Wildman–Crippen LogP) is 5.89. The molecule has 2 aromatic heterocycles. The molecule has 42 heavy (non-hydrogen) atoms. The standard InChI is InChI=1S/C24H14ClF6N5O4S2/c25-16-3-2-14(17(9-16)23(26,27)28)11-35-18-4-1-13(7-15(18)10-33-35)8-19-21(37)34(22(38)41-19)12-20-32-5-6-36(20)42(39,40)24(29,30)31/h1-10H,11-12H2. The van der Waals surface area contributed by atoms with Crippen molar-refractivity contribution in [2.75, 3.05) is 0 Å². The van der Waals surface area contributed by atoms with Gasteiger partial charge in [-0.2, -0.15) is 39.9 Å². The third kappa shape index (κ3) is 5.50. The van der Waals surface area contributed by atoms with Crippen LogP contribution in [0.2, 0.25) is 5.02 Å². The van der Waals surface area contributed by atoms with E-state index in [2.05, 4.69) is 10.1 Å². The molecule has 18 heteroatoms. The number of alkyl halides is 6. The van der Waals surface area contributed by atoms with Crippen molar-refractivity contribution in [3.05, 3.63) is 87.4 Å². The molecule has 2 amide bonds. The maximum Gasteiger partial charge on any atom is 0.517 e. The number of benzene rings is 2. The summed E-state index contributed by atoms with van der Waals surface area (Å²) in [5.41, 5.74) is -5.71. The molecule has 0 unspecified atom stereocenters. The van der Waals surface area contributed by atoms with Crippen molar-refractivity contribution in [1.82, 2.24) is 23.6 Å². The van der Waals surface area contributed by atoms with Gasteiger partial charge in [-0.3, -0.25) is 19.2 Å². The SMILES string of the molecule is O=C1SC(=Cc2ccc3c(cnn3Cc3ccc(Cl)cc3C(F)(F)F)c2)C(=O)N1Cc1nccn1S(=O)(=O)C(F)(F)F. The fraction of sp³-hybridized carbons (Fsp3) is 0.167. The Hall–Kier alpha value is -3.83. The maximum atomic E-state index is 13.5. The van der Waals surface area contributed by atoms with Gasteiger partial charge >= 0.3 is 21.7 Å². The topological polar surface area (TPSA) is 107 Å². The van der Waals surface area contributed by atoms with E-state index in [9.17, 15) is 44.3 Å². The molecule has 1 fully saturated rings. The van der Waals surface area contributed by atoms with Crippen LogP contribution in [0.25, 0.3) is 17.0 Å². The van der Waals surface area contributed by atoms with Crippen molar-refractivity contribution in [3.8, 4) is 0 Å². The average molecular weight is 650 g/mol. The number of carbonyl (C=O) groups is 2. The van der Waals surface area contributed by atoms with Crippen LogP contribution in [0.15, 0.2) is 59.9 Å². The molecule has 0 saturated carbocycles. The largest absolute Gasteiger partial charge is 0.517 e. The fourth-order valence-corrected chi connectivity index (χ4v) is 5.96. The van der Waals surface area contributed by atoms with E-state index in [1.807, 2.05) is 0 Å². The van der Waals surface area contributed by atoms with Gasteiger partial charge in [0.1, 0.15) is 5.82 Å². The molecule has 9 nitrogen and oxygen atoms in total. The lowest BCUT2D eigenvalue weighted by atomic mass is 10.1. The van der Waals surface area contributed by atoms with Crippen molar-refractivity contribution < 1.29 is 44.3 Å². The molecule has 1 saturated heterocycles. The Balaban J connectivity index is 1.38. The number of imidazole rings is 1. The quantitative estimate of drug-likeness (QED) is 0.189. The van der Waals surface area contributed by atoms with Gasteiger partial charge in [-0.05, 0) is 53.2 Å².